The number of hydrogen-bond donors (Lipinski definition) is 0. The minimum Gasteiger partial charge on any atom is -0.497 e. The fourth-order valence-corrected chi connectivity index (χ4v) is 2.45. The lowest BCUT2D eigenvalue weighted by Crippen LogP contribution is -2.39. The number of likely N-dealkylation sites (tertiary alicyclic amines) is 1. The second-order valence-corrected chi connectivity index (χ2v) is 4.87. The van der Waals surface area contributed by atoms with Gasteiger partial charge in [0.25, 0.3) is 0 Å². The van der Waals surface area contributed by atoms with E-state index in [4.69, 9.17) is 4.74 Å². The van der Waals surface area contributed by atoms with Crippen LogP contribution in [0.3, 0.4) is 0 Å². The summed E-state index contributed by atoms with van der Waals surface area (Å²) < 4.78 is 5.08. The van der Waals surface area contributed by atoms with Crippen molar-refractivity contribution in [3.63, 3.8) is 0 Å². The summed E-state index contributed by atoms with van der Waals surface area (Å²) in [4.78, 5) is 25.4. The standard InChI is InChI=1S/C15H19NO3/c1-11(17)16-9-7-13(8-10-16)15(18)12-3-5-14(19-2)6-4-12/h3-6,13H,7-10H2,1-2H3. The average molecular weight is 261 g/mol. The van der Waals surface area contributed by atoms with Gasteiger partial charge in [0.2, 0.25) is 5.91 Å². The van der Waals surface area contributed by atoms with Gasteiger partial charge in [-0.2, -0.15) is 0 Å². The van der Waals surface area contributed by atoms with E-state index in [9.17, 15) is 9.59 Å². The highest BCUT2D eigenvalue weighted by Gasteiger charge is 2.26. The van der Waals surface area contributed by atoms with E-state index >= 15 is 0 Å². The first kappa shape index (κ1) is 13.6. The summed E-state index contributed by atoms with van der Waals surface area (Å²) in [6.45, 7) is 2.94. The van der Waals surface area contributed by atoms with Gasteiger partial charge in [0, 0.05) is 31.5 Å². The van der Waals surface area contributed by atoms with Crippen molar-refractivity contribution in [3.8, 4) is 5.75 Å². The van der Waals surface area contributed by atoms with Crippen LogP contribution in [0.1, 0.15) is 30.1 Å². The van der Waals surface area contributed by atoms with Crippen LogP contribution in [0.2, 0.25) is 0 Å². The summed E-state index contributed by atoms with van der Waals surface area (Å²) in [6, 6.07) is 7.22. The summed E-state index contributed by atoms with van der Waals surface area (Å²) in [7, 11) is 1.61. The van der Waals surface area contributed by atoms with E-state index in [1.807, 2.05) is 0 Å². The summed E-state index contributed by atoms with van der Waals surface area (Å²) in [5.41, 5.74) is 0.724. The molecule has 1 aromatic carbocycles. The first-order valence-corrected chi connectivity index (χ1v) is 6.55. The molecule has 0 saturated carbocycles. The van der Waals surface area contributed by atoms with Crippen LogP contribution in [-0.2, 0) is 4.79 Å². The number of amides is 1. The molecule has 19 heavy (non-hydrogen) atoms. The van der Waals surface area contributed by atoms with Crippen LogP contribution in [0.4, 0.5) is 0 Å². The number of piperidine rings is 1. The van der Waals surface area contributed by atoms with Gasteiger partial charge in [-0.1, -0.05) is 0 Å². The molecular weight excluding hydrogens is 242 g/mol. The zero-order valence-corrected chi connectivity index (χ0v) is 11.4. The predicted octanol–water partition coefficient (Wildman–Crippen LogP) is 2.14. The molecule has 1 saturated heterocycles. The maximum absolute atomic E-state index is 12.3. The van der Waals surface area contributed by atoms with Gasteiger partial charge in [-0.15, -0.1) is 0 Å². The lowest BCUT2D eigenvalue weighted by Gasteiger charge is -2.30. The van der Waals surface area contributed by atoms with Crippen LogP contribution in [0, 0.1) is 5.92 Å². The van der Waals surface area contributed by atoms with Crippen molar-refractivity contribution in [2.75, 3.05) is 20.2 Å². The maximum atomic E-state index is 12.3. The Hall–Kier alpha value is -1.84. The second kappa shape index (κ2) is 5.87. The van der Waals surface area contributed by atoms with Crippen LogP contribution in [0.5, 0.6) is 5.75 Å². The van der Waals surface area contributed by atoms with Crippen LogP contribution in [0.15, 0.2) is 24.3 Å². The number of Topliss-reactive ketones (excluding diaryl/α,β-unsaturated/α-hetero) is 1. The van der Waals surface area contributed by atoms with Gasteiger partial charge < -0.3 is 9.64 Å². The molecule has 0 radical (unpaired) electrons. The first-order valence-electron chi connectivity index (χ1n) is 6.55. The van der Waals surface area contributed by atoms with Gasteiger partial charge in [0.1, 0.15) is 5.75 Å². The monoisotopic (exact) mass is 261 g/mol. The molecule has 0 spiro atoms. The number of nitrogens with zero attached hydrogens (tertiary/aromatic N) is 1. The van der Waals surface area contributed by atoms with Crippen molar-refractivity contribution in [1.82, 2.24) is 4.90 Å². The summed E-state index contributed by atoms with van der Waals surface area (Å²) >= 11 is 0. The molecule has 1 fully saturated rings. The normalized spacial score (nSPS) is 16.2. The molecule has 1 aromatic rings. The Balaban J connectivity index is 1.98. The number of ether oxygens (including phenoxy) is 1. The van der Waals surface area contributed by atoms with E-state index < -0.39 is 0 Å². The molecule has 2 rings (SSSR count). The van der Waals surface area contributed by atoms with Crippen LogP contribution < -0.4 is 4.74 Å². The fraction of sp³-hybridized carbons (Fsp3) is 0.467. The highest BCUT2D eigenvalue weighted by Crippen LogP contribution is 2.23. The summed E-state index contributed by atoms with van der Waals surface area (Å²) in [5, 5.41) is 0. The largest absolute Gasteiger partial charge is 0.497 e. The summed E-state index contributed by atoms with van der Waals surface area (Å²) in [5.74, 6) is 1.05. The smallest absolute Gasteiger partial charge is 0.219 e. The Bertz CT molecular complexity index is 459. The molecule has 0 bridgehead atoms. The molecule has 1 amide bonds. The molecule has 1 aliphatic rings. The molecule has 4 heteroatoms. The van der Waals surface area contributed by atoms with E-state index in [1.54, 1.807) is 43.2 Å². The Morgan fingerprint density at radius 1 is 1.16 bits per heavy atom. The van der Waals surface area contributed by atoms with Gasteiger partial charge in [-0.3, -0.25) is 9.59 Å². The van der Waals surface area contributed by atoms with Crippen LogP contribution in [-0.4, -0.2) is 36.8 Å². The van der Waals surface area contributed by atoms with Crippen molar-refractivity contribution >= 4 is 11.7 Å². The van der Waals surface area contributed by atoms with Crippen molar-refractivity contribution in [1.29, 1.82) is 0 Å². The van der Waals surface area contributed by atoms with Crippen molar-refractivity contribution < 1.29 is 14.3 Å². The number of ketones is 1. The van der Waals surface area contributed by atoms with Crippen LogP contribution >= 0.6 is 0 Å². The fourth-order valence-electron chi connectivity index (χ4n) is 2.45. The highest BCUT2D eigenvalue weighted by atomic mass is 16.5. The van der Waals surface area contributed by atoms with Gasteiger partial charge >= 0.3 is 0 Å². The SMILES string of the molecule is COc1ccc(C(=O)C2CCN(C(C)=O)CC2)cc1. The molecular formula is C15H19NO3. The molecule has 0 atom stereocenters. The molecule has 0 aromatic heterocycles. The molecule has 102 valence electrons. The zero-order chi connectivity index (χ0) is 13.8. The Labute approximate surface area is 113 Å². The number of benzene rings is 1. The van der Waals surface area contributed by atoms with Gasteiger partial charge in [0.15, 0.2) is 5.78 Å². The van der Waals surface area contributed by atoms with Crippen molar-refractivity contribution in [3.05, 3.63) is 29.8 Å². The van der Waals surface area contributed by atoms with Gasteiger partial charge in [-0.25, -0.2) is 0 Å². The minimum atomic E-state index is 0.0315. The maximum Gasteiger partial charge on any atom is 0.219 e. The number of carbonyl (C=O) groups is 2. The van der Waals surface area contributed by atoms with Gasteiger partial charge in [0.05, 0.1) is 7.11 Å². The number of rotatable bonds is 3. The Morgan fingerprint density at radius 2 is 1.74 bits per heavy atom. The van der Waals surface area contributed by atoms with E-state index in [-0.39, 0.29) is 17.6 Å². The Kier molecular flexibility index (Phi) is 4.20. The van der Waals surface area contributed by atoms with E-state index in [1.165, 1.54) is 0 Å². The quantitative estimate of drug-likeness (QED) is 0.783. The minimum absolute atomic E-state index is 0.0315. The first-order chi connectivity index (χ1) is 9.11. The average Bonchev–Trinajstić information content (AvgIpc) is 2.46. The van der Waals surface area contributed by atoms with E-state index in [0.717, 1.165) is 24.2 Å². The Morgan fingerprint density at radius 3 is 2.21 bits per heavy atom. The molecule has 0 N–H and O–H groups in total. The lowest BCUT2D eigenvalue weighted by molar-refractivity contribution is -0.130. The number of carbonyl (C=O) groups excluding carboxylic acids is 2. The zero-order valence-electron chi connectivity index (χ0n) is 11.4. The molecule has 0 unspecified atom stereocenters. The van der Waals surface area contributed by atoms with E-state index in [2.05, 4.69) is 0 Å². The second-order valence-electron chi connectivity index (χ2n) is 4.87. The van der Waals surface area contributed by atoms with Crippen LogP contribution in [0.25, 0.3) is 0 Å². The van der Waals surface area contributed by atoms with E-state index in [0.29, 0.717) is 13.1 Å². The molecule has 4 nitrogen and oxygen atoms in total. The summed E-state index contributed by atoms with van der Waals surface area (Å²) in [6.07, 6.45) is 1.51. The number of methoxy groups -OCH3 is 1. The third-order valence-electron chi connectivity index (χ3n) is 3.69. The van der Waals surface area contributed by atoms with Gasteiger partial charge in [-0.05, 0) is 37.1 Å². The highest BCUT2D eigenvalue weighted by molar-refractivity contribution is 5.98. The predicted molar refractivity (Wildman–Crippen MR) is 72.3 cm³/mol. The molecule has 0 aliphatic carbocycles. The molecule has 1 heterocycles. The lowest BCUT2D eigenvalue weighted by atomic mass is 9.89. The third-order valence-corrected chi connectivity index (χ3v) is 3.69. The topological polar surface area (TPSA) is 46.6 Å². The van der Waals surface area contributed by atoms with Crippen molar-refractivity contribution in [2.24, 2.45) is 5.92 Å². The van der Waals surface area contributed by atoms with Crippen molar-refractivity contribution in [2.45, 2.75) is 19.8 Å². The molecule has 1 aliphatic heterocycles. The third kappa shape index (κ3) is 3.13. The number of hydrogen-bond acceptors (Lipinski definition) is 3.